The maximum atomic E-state index is 13.9. The fourth-order valence-electron chi connectivity index (χ4n) is 3.50. The number of anilines is 1. The molecule has 202 valence electrons. The number of thiophene rings is 1. The lowest BCUT2D eigenvalue weighted by atomic mass is 9.95. The number of carbonyl (C=O) groups excluding carboxylic acids is 3. The molecule has 1 aromatic heterocycles. The zero-order valence-electron chi connectivity index (χ0n) is 21.7. The molecule has 1 aliphatic heterocycles. The molecular weight excluding hydrogens is 504 g/mol. The number of methoxy groups -OCH3 is 2. The molecule has 3 rings (SSSR count). The number of hydrogen-bond donors (Lipinski definition) is 1. The predicted molar refractivity (Wildman–Crippen MR) is 140 cm³/mol. The first-order valence-corrected chi connectivity index (χ1v) is 12.7. The molecule has 1 amide bonds. The summed E-state index contributed by atoms with van der Waals surface area (Å²) in [5, 5.41) is 4.73. The molecule has 0 spiro atoms. The highest BCUT2D eigenvalue weighted by molar-refractivity contribution is 7.15. The number of likely N-dealkylation sites (tertiary alicyclic amines) is 1. The number of ether oxygens (including phenoxy) is 2. The summed E-state index contributed by atoms with van der Waals surface area (Å²) >= 11 is 1.13. The molecule has 2 heterocycles. The second-order valence-electron chi connectivity index (χ2n) is 8.56. The number of ketones is 1. The summed E-state index contributed by atoms with van der Waals surface area (Å²) in [6.45, 7) is 4.29. The van der Waals surface area contributed by atoms with E-state index >= 15 is 0 Å². The molecule has 8 nitrogen and oxygen atoms in total. The molecule has 37 heavy (non-hydrogen) atoms. The molecule has 0 bridgehead atoms. The van der Waals surface area contributed by atoms with Crippen molar-refractivity contribution >= 4 is 45.6 Å². The van der Waals surface area contributed by atoms with Gasteiger partial charge in [-0.2, -0.15) is 0 Å². The number of esters is 1. The Labute approximate surface area is 219 Å². The fourth-order valence-corrected chi connectivity index (χ4v) is 4.43. The molecule has 1 aromatic carbocycles. The minimum Gasteiger partial charge on any atom is -0.484 e. The first kappa shape index (κ1) is 29.9. The van der Waals surface area contributed by atoms with Crippen LogP contribution in [0.4, 0.5) is 19.5 Å². The van der Waals surface area contributed by atoms with Gasteiger partial charge in [0.05, 0.1) is 25.5 Å². The SMILES string of the molecule is CCc1ccc(F)cc1.CNc1c(C(=O)C(=O)OC)csc1/N=C(\CC(=O)N1CCC(C)(F)CC1)OC. The number of amides is 1. The van der Waals surface area contributed by atoms with Gasteiger partial charge in [-0.25, -0.2) is 18.6 Å². The number of aliphatic imine (C=N–C) groups is 1. The summed E-state index contributed by atoms with van der Waals surface area (Å²) in [7, 11) is 4.12. The number of piperidine rings is 1. The van der Waals surface area contributed by atoms with E-state index in [4.69, 9.17) is 4.74 Å². The second-order valence-corrected chi connectivity index (χ2v) is 9.42. The van der Waals surface area contributed by atoms with Crippen molar-refractivity contribution in [1.82, 2.24) is 4.90 Å². The van der Waals surface area contributed by atoms with Crippen molar-refractivity contribution in [1.29, 1.82) is 0 Å². The smallest absolute Gasteiger partial charge is 0.379 e. The third kappa shape index (κ3) is 8.63. The molecule has 0 radical (unpaired) electrons. The van der Waals surface area contributed by atoms with Crippen molar-refractivity contribution in [3.63, 3.8) is 0 Å². The number of nitrogens with zero attached hydrogens (tertiary/aromatic N) is 2. The lowest BCUT2D eigenvalue weighted by Gasteiger charge is -2.34. The molecule has 1 aliphatic rings. The number of rotatable bonds is 7. The summed E-state index contributed by atoms with van der Waals surface area (Å²) in [6, 6.07) is 6.57. The predicted octanol–water partition coefficient (Wildman–Crippen LogP) is 4.95. The number of alkyl halides is 1. The molecule has 0 atom stereocenters. The van der Waals surface area contributed by atoms with Crippen LogP contribution in [0.15, 0.2) is 34.6 Å². The number of aryl methyl sites for hydroxylation is 1. The summed E-state index contributed by atoms with van der Waals surface area (Å²) in [6.07, 6.45) is 1.49. The number of Topliss-reactive ketones (excluding diaryl/α,β-unsaturated/α-hetero) is 1. The van der Waals surface area contributed by atoms with Gasteiger partial charge in [-0.15, -0.1) is 11.3 Å². The Kier molecular flexibility index (Phi) is 11.2. The van der Waals surface area contributed by atoms with E-state index < -0.39 is 17.4 Å². The molecule has 0 unspecified atom stereocenters. The van der Waals surface area contributed by atoms with E-state index in [-0.39, 0.29) is 29.6 Å². The lowest BCUT2D eigenvalue weighted by molar-refractivity contribution is -0.135. The number of benzene rings is 1. The van der Waals surface area contributed by atoms with Crippen LogP contribution in [-0.2, 0) is 25.5 Å². The maximum absolute atomic E-state index is 13.9. The van der Waals surface area contributed by atoms with Gasteiger partial charge in [0, 0.05) is 25.5 Å². The molecule has 11 heteroatoms. The Morgan fingerprint density at radius 2 is 1.76 bits per heavy atom. The molecule has 1 N–H and O–H groups in total. The standard InChI is InChI=1S/C18H24FN3O5S.C8H9F/c1-18(19)5-7-22(8-6-18)13(23)9-12(26-3)21-16-14(20-2)11(10-28-16)15(24)17(25)27-4;1-2-7-3-5-8(9)6-4-7/h10,20H,5-9H2,1-4H3;3-6H,2H2,1H3/b21-12+;. The van der Waals surface area contributed by atoms with Crippen LogP contribution in [0.25, 0.3) is 0 Å². The van der Waals surface area contributed by atoms with E-state index in [1.165, 1.54) is 30.2 Å². The Balaban J connectivity index is 0.000000449. The highest BCUT2D eigenvalue weighted by atomic mass is 32.1. The van der Waals surface area contributed by atoms with Gasteiger partial charge in [0.1, 0.15) is 22.9 Å². The van der Waals surface area contributed by atoms with E-state index in [2.05, 4.69) is 15.0 Å². The van der Waals surface area contributed by atoms with Gasteiger partial charge in [0.25, 0.3) is 5.78 Å². The molecule has 1 saturated heterocycles. The van der Waals surface area contributed by atoms with Crippen LogP contribution in [0.2, 0.25) is 0 Å². The van der Waals surface area contributed by atoms with Gasteiger partial charge >= 0.3 is 5.97 Å². The third-order valence-electron chi connectivity index (χ3n) is 5.88. The van der Waals surface area contributed by atoms with Crippen molar-refractivity contribution in [2.45, 2.75) is 45.2 Å². The van der Waals surface area contributed by atoms with Crippen molar-refractivity contribution in [2.75, 3.05) is 39.7 Å². The van der Waals surface area contributed by atoms with E-state index in [0.717, 1.165) is 24.9 Å². The topological polar surface area (TPSA) is 97.3 Å². The Bertz CT molecular complexity index is 1110. The Morgan fingerprint density at radius 1 is 1.14 bits per heavy atom. The molecular formula is C26H33F2N3O5S. The number of hydrogen-bond acceptors (Lipinski definition) is 8. The molecule has 0 saturated carbocycles. The summed E-state index contributed by atoms with van der Waals surface area (Å²) < 4.78 is 35.8. The molecule has 0 aliphatic carbocycles. The van der Waals surface area contributed by atoms with E-state index in [1.807, 2.05) is 6.92 Å². The van der Waals surface area contributed by atoms with Crippen LogP contribution in [0.1, 0.15) is 49.0 Å². The van der Waals surface area contributed by atoms with E-state index in [9.17, 15) is 23.2 Å². The largest absolute Gasteiger partial charge is 0.484 e. The second kappa shape index (κ2) is 13.8. The minimum atomic E-state index is -1.24. The number of carbonyl (C=O) groups is 3. The number of nitrogens with one attached hydrogen (secondary N) is 1. The van der Waals surface area contributed by atoms with Crippen molar-refractivity contribution in [3.05, 3.63) is 46.6 Å². The van der Waals surface area contributed by atoms with Gasteiger partial charge in [-0.3, -0.25) is 9.59 Å². The average Bonchev–Trinajstić information content (AvgIpc) is 3.30. The first-order chi connectivity index (χ1) is 17.5. The quantitative estimate of drug-likeness (QED) is 0.177. The van der Waals surface area contributed by atoms with Gasteiger partial charge in [0.2, 0.25) is 5.91 Å². The van der Waals surface area contributed by atoms with E-state index in [1.54, 1.807) is 31.0 Å². The van der Waals surface area contributed by atoms with Crippen LogP contribution >= 0.6 is 11.3 Å². The molecule has 2 aromatic rings. The Hall–Kier alpha value is -3.34. The minimum absolute atomic E-state index is 0.0825. The van der Waals surface area contributed by atoms with Crippen molar-refractivity contribution in [2.24, 2.45) is 4.99 Å². The fraction of sp³-hybridized carbons (Fsp3) is 0.462. The van der Waals surface area contributed by atoms with Gasteiger partial charge in [-0.1, -0.05) is 19.1 Å². The lowest BCUT2D eigenvalue weighted by Crippen LogP contribution is -2.43. The average molecular weight is 538 g/mol. The van der Waals surface area contributed by atoms with Crippen LogP contribution in [-0.4, -0.2) is 68.5 Å². The number of halogens is 2. The van der Waals surface area contributed by atoms with Crippen LogP contribution in [0.3, 0.4) is 0 Å². The maximum Gasteiger partial charge on any atom is 0.379 e. The van der Waals surface area contributed by atoms with Crippen molar-refractivity contribution in [3.8, 4) is 0 Å². The van der Waals surface area contributed by atoms with Gasteiger partial charge < -0.3 is 19.7 Å². The summed E-state index contributed by atoms with van der Waals surface area (Å²) in [5.41, 5.74) is 0.430. The van der Waals surface area contributed by atoms with Gasteiger partial charge in [-0.05, 0) is 43.9 Å². The van der Waals surface area contributed by atoms with E-state index in [0.29, 0.717) is 36.6 Å². The highest BCUT2D eigenvalue weighted by Gasteiger charge is 2.32. The normalized spacial score (nSPS) is 14.8. The molecule has 1 fully saturated rings. The van der Waals surface area contributed by atoms with Crippen LogP contribution < -0.4 is 5.32 Å². The zero-order valence-corrected chi connectivity index (χ0v) is 22.5. The Morgan fingerprint density at radius 3 is 2.27 bits per heavy atom. The third-order valence-corrected chi connectivity index (χ3v) is 6.75. The van der Waals surface area contributed by atoms with Gasteiger partial charge in [0.15, 0.2) is 5.90 Å². The zero-order chi connectivity index (χ0) is 27.6. The van der Waals surface area contributed by atoms with Crippen LogP contribution in [0.5, 0.6) is 0 Å². The summed E-state index contributed by atoms with van der Waals surface area (Å²) in [5.74, 6) is -1.97. The summed E-state index contributed by atoms with van der Waals surface area (Å²) in [4.78, 5) is 42.0. The van der Waals surface area contributed by atoms with Crippen molar-refractivity contribution < 1.29 is 32.6 Å². The highest BCUT2D eigenvalue weighted by Crippen LogP contribution is 2.37. The van der Waals surface area contributed by atoms with Crippen LogP contribution in [0, 0.1) is 5.82 Å². The first-order valence-electron chi connectivity index (χ1n) is 11.8. The monoisotopic (exact) mass is 537 g/mol.